The normalized spacial score (nSPS) is 11.8. The van der Waals surface area contributed by atoms with Gasteiger partial charge in [-0.25, -0.2) is 12.8 Å². The number of nitrogens with zero attached hydrogens (tertiary/aromatic N) is 1. The van der Waals surface area contributed by atoms with E-state index in [9.17, 15) is 12.8 Å². The molecule has 2 N–H and O–H groups in total. The minimum atomic E-state index is -3.65. The molecule has 0 radical (unpaired) electrons. The molecule has 0 spiro atoms. The highest BCUT2D eigenvalue weighted by Crippen LogP contribution is 2.22. The number of aryl methyl sites for hydroxylation is 1. The van der Waals surface area contributed by atoms with Crippen molar-refractivity contribution < 1.29 is 12.8 Å². The first-order valence-corrected chi connectivity index (χ1v) is 6.37. The van der Waals surface area contributed by atoms with Crippen molar-refractivity contribution in [3.8, 4) is 0 Å². The van der Waals surface area contributed by atoms with Crippen LogP contribution in [0.5, 0.6) is 0 Å². The van der Waals surface area contributed by atoms with E-state index in [4.69, 9.17) is 5.73 Å². The van der Waals surface area contributed by atoms with Crippen LogP contribution < -0.4 is 5.73 Å². The van der Waals surface area contributed by atoms with Crippen molar-refractivity contribution in [3.63, 3.8) is 0 Å². The van der Waals surface area contributed by atoms with Crippen molar-refractivity contribution in [1.82, 2.24) is 4.31 Å². The Hall–Kier alpha value is -1.40. The minimum Gasteiger partial charge on any atom is -0.396 e. The van der Waals surface area contributed by atoms with Crippen LogP contribution in [0.25, 0.3) is 0 Å². The van der Waals surface area contributed by atoms with Gasteiger partial charge >= 0.3 is 0 Å². The molecule has 1 rings (SSSR count). The summed E-state index contributed by atoms with van der Waals surface area (Å²) in [6.45, 7) is 5.12. The Balaban J connectivity index is 3.30. The Kier molecular flexibility index (Phi) is 3.90. The first-order chi connectivity index (χ1) is 7.80. The second-order valence-electron chi connectivity index (χ2n) is 3.72. The Morgan fingerprint density at radius 3 is 2.59 bits per heavy atom. The van der Waals surface area contributed by atoms with Crippen LogP contribution in [0.1, 0.15) is 5.56 Å². The van der Waals surface area contributed by atoms with E-state index in [0.717, 1.165) is 10.4 Å². The Morgan fingerprint density at radius 2 is 2.12 bits per heavy atom. The molecule has 0 unspecified atom stereocenters. The molecule has 0 aromatic heterocycles. The highest BCUT2D eigenvalue weighted by Gasteiger charge is 2.21. The summed E-state index contributed by atoms with van der Waals surface area (Å²) in [6.07, 6.45) is 1.47. The summed E-state index contributed by atoms with van der Waals surface area (Å²) in [5.41, 5.74) is 5.45. The minimum absolute atomic E-state index is 0.0155. The van der Waals surface area contributed by atoms with Gasteiger partial charge in [0, 0.05) is 13.6 Å². The van der Waals surface area contributed by atoms with Crippen LogP contribution in [0.15, 0.2) is 29.7 Å². The van der Waals surface area contributed by atoms with Gasteiger partial charge in [-0.1, -0.05) is 6.08 Å². The van der Waals surface area contributed by atoms with Gasteiger partial charge in [0.25, 0.3) is 0 Å². The van der Waals surface area contributed by atoms with Gasteiger partial charge in [-0.3, -0.25) is 0 Å². The fourth-order valence-corrected chi connectivity index (χ4v) is 2.63. The average Bonchev–Trinajstić information content (AvgIpc) is 2.25. The molecular formula is C11H15FN2O2S. The number of halogens is 1. The summed E-state index contributed by atoms with van der Waals surface area (Å²) < 4.78 is 38.5. The lowest BCUT2D eigenvalue weighted by Gasteiger charge is -2.16. The molecular weight excluding hydrogens is 243 g/mol. The van der Waals surface area contributed by atoms with Gasteiger partial charge < -0.3 is 5.73 Å². The second-order valence-corrected chi connectivity index (χ2v) is 5.76. The fourth-order valence-electron chi connectivity index (χ4n) is 1.37. The lowest BCUT2D eigenvalue weighted by atomic mass is 10.2. The summed E-state index contributed by atoms with van der Waals surface area (Å²) >= 11 is 0. The van der Waals surface area contributed by atoms with Crippen LogP contribution in [0.4, 0.5) is 10.1 Å². The molecule has 0 atom stereocenters. The van der Waals surface area contributed by atoms with Crippen molar-refractivity contribution in [2.24, 2.45) is 0 Å². The summed E-state index contributed by atoms with van der Waals surface area (Å²) in [6, 6.07) is 2.39. The molecule has 17 heavy (non-hydrogen) atoms. The maximum atomic E-state index is 13.3. The Bertz CT molecular complexity index is 517. The molecule has 0 bridgehead atoms. The van der Waals surface area contributed by atoms with Crippen LogP contribution in [0.2, 0.25) is 0 Å². The Morgan fingerprint density at radius 1 is 1.53 bits per heavy atom. The van der Waals surface area contributed by atoms with Crippen molar-refractivity contribution >= 4 is 15.7 Å². The van der Waals surface area contributed by atoms with Gasteiger partial charge in [0.1, 0.15) is 5.82 Å². The molecule has 0 heterocycles. The number of nitrogen functional groups attached to an aromatic ring is 1. The molecule has 94 valence electrons. The summed E-state index contributed by atoms with van der Waals surface area (Å²) in [4.78, 5) is -0.0155. The average molecular weight is 258 g/mol. The van der Waals surface area contributed by atoms with Crippen molar-refractivity contribution in [3.05, 3.63) is 36.2 Å². The highest BCUT2D eigenvalue weighted by molar-refractivity contribution is 7.89. The maximum absolute atomic E-state index is 13.3. The van der Waals surface area contributed by atoms with E-state index in [1.165, 1.54) is 26.1 Å². The number of anilines is 1. The van der Waals surface area contributed by atoms with Gasteiger partial charge in [0.05, 0.1) is 10.6 Å². The molecule has 6 heteroatoms. The molecule has 0 amide bonds. The molecule has 4 nitrogen and oxygen atoms in total. The molecule has 0 saturated carbocycles. The molecule has 0 saturated heterocycles. The molecule has 0 aliphatic heterocycles. The highest BCUT2D eigenvalue weighted by atomic mass is 32.2. The zero-order chi connectivity index (χ0) is 13.2. The van der Waals surface area contributed by atoms with E-state index in [1.807, 2.05) is 0 Å². The van der Waals surface area contributed by atoms with E-state index in [-0.39, 0.29) is 22.7 Å². The molecule has 1 aromatic carbocycles. The lowest BCUT2D eigenvalue weighted by molar-refractivity contribution is 0.499. The van der Waals surface area contributed by atoms with Crippen LogP contribution in [-0.2, 0) is 10.0 Å². The number of rotatable bonds is 4. The van der Waals surface area contributed by atoms with Gasteiger partial charge in [-0.15, -0.1) is 6.58 Å². The van der Waals surface area contributed by atoms with Crippen molar-refractivity contribution in [2.45, 2.75) is 11.8 Å². The SMILES string of the molecule is C=CCN(C)S(=O)(=O)c1cc(C)c(F)c(N)c1. The van der Waals surface area contributed by atoms with Crippen LogP contribution in [-0.4, -0.2) is 26.3 Å². The first-order valence-electron chi connectivity index (χ1n) is 4.93. The summed E-state index contributed by atoms with van der Waals surface area (Å²) in [7, 11) is -2.22. The number of nitrogens with two attached hydrogens (primary N) is 1. The van der Waals surface area contributed by atoms with Gasteiger partial charge in [-0.05, 0) is 24.6 Å². The number of benzene rings is 1. The zero-order valence-corrected chi connectivity index (χ0v) is 10.6. The standard InChI is InChI=1S/C11H15FN2O2S/c1-4-5-14(3)17(15,16)9-6-8(2)11(12)10(13)7-9/h4,6-7H,1,5,13H2,2-3H3. The fraction of sp³-hybridized carbons (Fsp3) is 0.273. The predicted molar refractivity (Wildman–Crippen MR) is 65.6 cm³/mol. The quantitative estimate of drug-likeness (QED) is 0.658. The van der Waals surface area contributed by atoms with Crippen LogP contribution in [0, 0.1) is 12.7 Å². The van der Waals surface area contributed by atoms with E-state index < -0.39 is 15.8 Å². The molecule has 0 fully saturated rings. The topological polar surface area (TPSA) is 63.4 Å². The lowest BCUT2D eigenvalue weighted by Crippen LogP contribution is -2.27. The second kappa shape index (κ2) is 4.85. The summed E-state index contributed by atoms with van der Waals surface area (Å²) in [5.74, 6) is -0.588. The van der Waals surface area contributed by atoms with Crippen molar-refractivity contribution in [1.29, 1.82) is 0 Å². The van der Waals surface area contributed by atoms with Gasteiger partial charge in [0.2, 0.25) is 10.0 Å². The number of hydrogen-bond acceptors (Lipinski definition) is 3. The molecule has 0 aliphatic rings. The molecule has 1 aromatic rings. The van der Waals surface area contributed by atoms with E-state index in [2.05, 4.69) is 6.58 Å². The predicted octanol–water partition coefficient (Wildman–Crippen LogP) is 1.52. The monoisotopic (exact) mass is 258 g/mol. The number of hydrogen-bond donors (Lipinski definition) is 1. The largest absolute Gasteiger partial charge is 0.396 e. The third-order valence-corrected chi connectivity index (χ3v) is 4.15. The maximum Gasteiger partial charge on any atom is 0.243 e. The smallest absolute Gasteiger partial charge is 0.243 e. The van der Waals surface area contributed by atoms with Crippen molar-refractivity contribution in [2.75, 3.05) is 19.3 Å². The van der Waals surface area contributed by atoms with Gasteiger partial charge in [-0.2, -0.15) is 4.31 Å². The van der Waals surface area contributed by atoms with Gasteiger partial charge in [0.15, 0.2) is 0 Å². The Labute approximate surface area is 101 Å². The van der Waals surface area contributed by atoms with E-state index >= 15 is 0 Å². The zero-order valence-electron chi connectivity index (χ0n) is 9.77. The van der Waals surface area contributed by atoms with E-state index in [1.54, 1.807) is 0 Å². The third-order valence-electron chi connectivity index (χ3n) is 2.35. The third kappa shape index (κ3) is 2.65. The van der Waals surface area contributed by atoms with Crippen LogP contribution >= 0.6 is 0 Å². The van der Waals surface area contributed by atoms with Crippen LogP contribution in [0.3, 0.4) is 0 Å². The molecule has 0 aliphatic carbocycles. The first kappa shape index (κ1) is 13.7. The summed E-state index contributed by atoms with van der Waals surface area (Å²) in [5, 5.41) is 0. The number of likely N-dealkylation sites (N-methyl/N-ethyl adjacent to an activating group) is 1. The number of sulfonamides is 1. The van der Waals surface area contributed by atoms with E-state index in [0.29, 0.717) is 0 Å².